The van der Waals surface area contributed by atoms with Crippen LogP contribution in [0.25, 0.3) is 0 Å². The Bertz CT molecular complexity index is 550. The summed E-state index contributed by atoms with van der Waals surface area (Å²) in [6.45, 7) is 9.76. The molecular weight excluding hydrogens is 288 g/mol. The first-order valence-electron chi connectivity index (χ1n) is 8.50. The van der Waals surface area contributed by atoms with Crippen LogP contribution in [-0.4, -0.2) is 35.8 Å². The summed E-state index contributed by atoms with van der Waals surface area (Å²) >= 11 is 0. The third kappa shape index (κ3) is 4.57. The fraction of sp³-hybridized carbons (Fsp3) is 0.579. The maximum Gasteiger partial charge on any atom is 0.253 e. The van der Waals surface area contributed by atoms with Crippen LogP contribution in [0, 0.1) is 0 Å². The maximum absolute atomic E-state index is 12.6. The van der Waals surface area contributed by atoms with Crippen molar-refractivity contribution in [1.82, 2.24) is 10.2 Å². The third-order valence-electron chi connectivity index (χ3n) is 4.47. The number of nitrogens with zero attached hydrogens (tertiary/aromatic N) is 1. The lowest BCUT2D eigenvalue weighted by atomic mass is 9.86. The minimum Gasteiger partial charge on any atom is -0.353 e. The van der Waals surface area contributed by atoms with Gasteiger partial charge in [-0.2, -0.15) is 0 Å². The van der Waals surface area contributed by atoms with Gasteiger partial charge in [0.25, 0.3) is 5.91 Å². The average molecular weight is 316 g/mol. The maximum atomic E-state index is 12.6. The number of carbonyl (C=O) groups is 2. The van der Waals surface area contributed by atoms with E-state index in [4.69, 9.17) is 0 Å². The van der Waals surface area contributed by atoms with Crippen molar-refractivity contribution in [2.75, 3.05) is 13.1 Å². The van der Waals surface area contributed by atoms with Gasteiger partial charge in [0.15, 0.2) is 0 Å². The van der Waals surface area contributed by atoms with Crippen molar-refractivity contribution in [3.05, 3.63) is 35.4 Å². The predicted octanol–water partition coefficient (Wildman–Crippen LogP) is 3.11. The number of hydrogen-bond donors (Lipinski definition) is 1. The molecule has 1 heterocycles. The van der Waals surface area contributed by atoms with Crippen LogP contribution in [0.3, 0.4) is 0 Å². The molecule has 1 aliphatic rings. The normalized spacial score (nSPS) is 16.3. The first-order valence-corrected chi connectivity index (χ1v) is 8.50. The van der Waals surface area contributed by atoms with Crippen molar-refractivity contribution < 1.29 is 9.59 Å². The smallest absolute Gasteiger partial charge is 0.253 e. The predicted molar refractivity (Wildman–Crippen MR) is 92.5 cm³/mol. The molecule has 1 saturated heterocycles. The molecule has 0 radical (unpaired) electrons. The summed E-state index contributed by atoms with van der Waals surface area (Å²) in [5.41, 5.74) is 2.07. The summed E-state index contributed by atoms with van der Waals surface area (Å²) in [5.74, 6) is 0.179. The molecule has 0 spiro atoms. The van der Waals surface area contributed by atoms with E-state index in [2.05, 4.69) is 26.1 Å². The molecule has 126 valence electrons. The summed E-state index contributed by atoms with van der Waals surface area (Å²) in [5, 5.41) is 3.01. The number of carbonyl (C=O) groups excluding carboxylic acids is 2. The van der Waals surface area contributed by atoms with Crippen molar-refractivity contribution in [1.29, 1.82) is 0 Å². The molecule has 0 unspecified atom stereocenters. The van der Waals surface area contributed by atoms with Crippen LogP contribution in [0.4, 0.5) is 0 Å². The van der Waals surface area contributed by atoms with E-state index >= 15 is 0 Å². The molecule has 4 nitrogen and oxygen atoms in total. The molecule has 0 saturated carbocycles. The van der Waals surface area contributed by atoms with Crippen LogP contribution in [0.1, 0.15) is 62.9 Å². The molecular formula is C19H28N2O2. The van der Waals surface area contributed by atoms with E-state index in [0.717, 1.165) is 18.4 Å². The Morgan fingerprint density at radius 3 is 2.17 bits per heavy atom. The van der Waals surface area contributed by atoms with E-state index in [1.54, 1.807) is 0 Å². The van der Waals surface area contributed by atoms with E-state index < -0.39 is 0 Å². The average Bonchev–Trinajstić information content (AvgIpc) is 2.54. The fourth-order valence-corrected chi connectivity index (χ4v) is 2.85. The Hall–Kier alpha value is -1.84. The second-order valence-electron chi connectivity index (χ2n) is 7.31. The lowest BCUT2D eigenvalue weighted by molar-refractivity contribution is -0.121. The summed E-state index contributed by atoms with van der Waals surface area (Å²) in [7, 11) is 0. The van der Waals surface area contributed by atoms with Gasteiger partial charge >= 0.3 is 0 Å². The van der Waals surface area contributed by atoms with Crippen LogP contribution in [0.2, 0.25) is 0 Å². The molecule has 1 aromatic rings. The van der Waals surface area contributed by atoms with Gasteiger partial charge in [-0.15, -0.1) is 0 Å². The minimum atomic E-state index is 0.0886. The minimum absolute atomic E-state index is 0.0886. The standard InChI is InChI=1S/C19H28N2O2/c1-5-17(22)20-16-10-12-21(13-11-16)18(23)14-6-8-15(9-7-14)19(2,3)4/h6-9,16H,5,10-13H2,1-4H3,(H,20,22). The molecule has 0 aliphatic carbocycles. The lowest BCUT2D eigenvalue weighted by Crippen LogP contribution is -2.46. The zero-order chi connectivity index (χ0) is 17.0. The second kappa shape index (κ2) is 7.16. The molecule has 2 amide bonds. The van der Waals surface area contributed by atoms with Crippen molar-refractivity contribution in [2.45, 2.75) is 58.4 Å². The topological polar surface area (TPSA) is 49.4 Å². The van der Waals surface area contributed by atoms with Gasteiger partial charge in [0.1, 0.15) is 0 Å². The fourth-order valence-electron chi connectivity index (χ4n) is 2.85. The highest BCUT2D eigenvalue weighted by Gasteiger charge is 2.24. The van der Waals surface area contributed by atoms with Crippen molar-refractivity contribution >= 4 is 11.8 Å². The highest BCUT2D eigenvalue weighted by atomic mass is 16.2. The summed E-state index contributed by atoms with van der Waals surface area (Å²) < 4.78 is 0. The quantitative estimate of drug-likeness (QED) is 0.931. The molecule has 0 aromatic heterocycles. The second-order valence-corrected chi connectivity index (χ2v) is 7.31. The molecule has 1 N–H and O–H groups in total. The number of rotatable bonds is 3. The van der Waals surface area contributed by atoms with Gasteiger partial charge in [-0.1, -0.05) is 39.8 Å². The number of likely N-dealkylation sites (tertiary alicyclic amines) is 1. The van der Waals surface area contributed by atoms with E-state index in [0.29, 0.717) is 19.5 Å². The van der Waals surface area contributed by atoms with Gasteiger partial charge in [0.05, 0.1) is 0 Å². The molecule has 23 heavy (non-hydrogen) atoms. The van der Waals surface area contributed by atoms with Crippen molar-refractivity contribution in [3.63, 3.8) is 0 Å². The van der Waals surface area contributed by atoms with Gasteiger partial charge < -0.3 is 10.2 Å². The van der Waals surface area contributed by atoms with Gasteiger partial charge in [0.2, 0.25) is 5.91 Å². The molecule has 1 aromatic carbocycles. The monoisotopic (exact) mass is 316 g/mol. The van der Waals surface area contributed by atoms with Crippen molar-refractivity contribution in [2.24, 2.45) is 0 Å². The molecule has 4 heteroatoms. The SMILES string of the molecule is CCC(=O)NC1CCN(C(=O)c2ccc(C(C)(C)C)cc2)CC1. The van der Waals surface area contributed by atoms with E-state index in [9.17, 15) is 9.59 Å². The first-order chi connectivity index (χ1) is 10.8. The number of amides is 2. The van der Waals surface area contributed by atoms with E-state index in [1.165, 1.54) is 5.56 Å². The number of hydrogen-bond acceptors (Lipinski definition) is 2. The van der Waals surface area contributed by atoms with E-state index in [-0.39, 0.29) is 23.3 Å². The van der Waals surface area contributed by atoms with Crippen LogP contribution in [-0.2, 0) is 10.2 Å². The first kappa shape index (κ1) is 17.5. The lowest BCUT2D eigenvalue weighted by Gasteiger charge is -2.32. The largest absolute Gasteiger partial charge is 0.353 e. The Kier molecular flexibility index (Phi) is 5.45. The summed E-state index contributed by atoms with van der Waals surface area (Å²) in [6, 6.07) is 8.14. The summed E-state index contributed by atoms with van der Waals surface area (Å²) in [4.78, 5) is 25.9. The van der Waals surface area contributed by atoms with E-state index in [1.807, 2.05) is 36.1 Å². The van der Waals surface area contributed by atoms with Crippen molar-refractivity contribution in [3.8, 4) is 0 Å². The van der Waals surface area contributed by atoms with Crippen LogP contribution < -0.4 is 5.32 Å². The van der Waals surface area contributed by atoms with Crippen LogP contribution >= 0.6 is 0 Å². The number of nitrogens with one attached hydrogen (secondary N) is 1. The Labute approximate surface area is 139 Å². The Morgan fingerprint density at radius 2 is 1.70 bits per heavy atom. The molecule has 0 atom stereocenters. The van der Waals surface area contributed by atoms with Gasteiger partial charge in [-0.3, -0.25) is 9.59 Å². The van der Waals surface area contributed by atoms with Crippen LogP contribution in [0.15, 0.2) is 24.3 Å². The highest BCUT2D eigenvalue weighted by Crippen LogP contribution is 2.23. The van der Waals surface area contributed by atoms with Gasteiger partial charge in [-0.05, 0) is 36.0 Å². The number of benzene rings is 1. The molecule has 1 fully saturated rings. The van der Waals surface area contributed by atoms with Gasteiger partial charge in [-0.25, -0.2) is 0 Å². The van der Waals surface area contributed by atoms with Gasteiger partial charge in [0, 0.05) is 31.1 Å². The molecule has 1 aliphatic heterocycles. The molecule has 0 bridgehead atoms. The number of piperidine rings is 1. The zero-order valence-corrected chi connectivity index (χ0v) is 14.7. The van der Waals surface area contributed by atoms with Crippen LogP contribution in [0.5, 0.6) is 0 Å². The Balaban J connectivity index is 1.93. The molecule has 2 rings (SSSR count). The summed E-state index contributed by atoms with van der Waals surface area (Å²) in [6.07, 6.45) is 2.17. The highest BCUT2D eigenvalue weighted by molar-refractivity contribution is 5.94. The zero-order valence-electron chi connectivity index (χ0n) is 14.7. The Morgan fingerprint density at radius 1 is 1.13 bits per heavy atom. The third-order valence-corrected chi connectivity index (χ3v) is 4.47.